The lowest BCUT2D eigenvalue weighted by Crippen LogP contribution is -2.52. The van der Waals surface area contributed by atoms with Gasteiger partial charge in [-0.15, -0.1) is 0 Å². The van der Waals surface area contributed by atoms with Gasteiger partial charge in [0.25, 0.3) is 0 Å². The number of amides is 1. The van der Waals surface area contributed by atoms with E-state index in [2.05, 4.69) is 0 Å². The van der Waals surface area contributed by atoms with Crippen LogP contribution in [0, 0.1) is 0 Å². The Hall–Kier alpha value is -1.59. The van der Waals surface area contributed by atoms with Crippen molar-refractivity contribution in [2.24, 2.45) is 0 Å². The number of carbonyl (C=O) groups is 1. The quantitative estimate of drug-likeness (QED) is 0.860. The van der Waals surface area contributed by atoms with Gasteiger partial charge in [0, 0.05) is 6.54 Å². The highest BCUT2D eigenvalue weighted by Crippen LogP contribution is 2.18. The number of likely N-dealkylation sites (tertiary alicyclic amines) is 1. The maximum Gasteiger partial charge on any atom is 0.410 e. The Labute approximate surface area is 112 Å². The van der Waals surface area contributed by atoms with E-state index in [-0.39, 0.29) is 13.2 Å². The summed E-state index contributed by atoms with van der Waals surface area (Å²) in [5.74, 6) is 0. The molecule has 1 fully saturated rings. The van der Waals surface area contributed by atoms with E-state index in [1.807, 2.05) is 30.3 Å². The lowest BCUT2D eigenvalue weighted by molar-refractivity contribution is -0.0176. The summed E-state index contributed by atoms with van der Waals surface area (Å²) in [5, 5.41) is 19.0. The standard InChI is InChI=1S/C14H19NO4/c16-9-12-13(17)7-4-8-15(12)14(18)19-10-11-5-2-1-3-6-11/h1-3,5-6,12-13,16-17H,4,7-10H2. The molecule has 2 N–H and O–H groups in total. The number of piperidine rings is 1. The van der Waals surface area contributed by atoms with Crippen LogP contribution in [0.4, 0.5) is 4.79 Å². The van der Waals surface area contributed by atoms with Gasteiger partial charge in [-0.25, -0.2) is 4.79 Å². The Morgan fingerprint density at radius 2 is 2.11 bits per heavy atom. The van der Waals surface area contributed by atoms with Crippen molar-refractivity contribution >= 4 is 6.09 Å². The monoisotopic (exact) mass is 265 g/mol. The first-order valence-corrected chi connectivity index (χ1v) is 6.48. The van der Waals surface area contributed by atoms with E-state index in [1.54, 1.807) is 0 Å². The van der Waals surface area contributed by atoms with Gasteiger partial charge in [-0.05, 0) is 18.4 Å². The molecule has 2 atom stereocenters. The van der Waals surface area contributed by atoms with Crippen LogP contribution >= 0.6 is 0 Å². The largest absolute Gasteiger partial charge is 0.445 e. The molecule has 19 heavy (non-hydrogen) atoms. The average molecular weight is 265 g/mol. The molecule has 1 aromatic carbocycles. The number of benzene rings is 1. The van der Waals surface area contributed by atoms with E-state index in [1.165, 1.54) is 4.90 Å². The molecule has 1 aliphatic rings. The average Bonchev–Trinajstić information content (AvgIpc) is 2.45. The van der Waals surface area contributed by atoms with Crippen LogP contribution in [0.5, 0.6) is 0 Å². The summed E-state index contributed by atoms with van der Waals surface area (Å²) in [7, 11) is 0. The number of nitrogens with zero attached hydrogens (tertiary/aromatic N) is 1. The molecule has 0 spiro atoms. The molecule has 2 unspecified atom stereocenters. The summed E-state index contributed by atoms with van der Waals surface area (Å²) in [4.78, 5) is 13.4. The normalized spacial score (nSPS) is 23.2. The summed E-state index contributed by atoms with van der Waals surface area (Å²) < 4.78 is 5.21. The summed E-state index contributed by atoms with van der Waals surface area (Å²) in [6.07, 6.45) is 0.163. The topological polar surface area (TPSA) is 70.0 Å². The van der Waals surface area contributed by atoms with Gasteiger partial charge >= 0.3 is 6.09 Å². The van der Waals surface area contributed by atoms with Crippen molar-refractivity contribution in [3.8, 4) is 0 Å². The molecule has 1 aliphatic heterocycles. The zero-order chi connectivity index (χ0) is 13.7. The SMILES string of the molecule is O=C(OCc1ccccc1)N1CCCC(O)C1CO. The zero-order valence-corrected chi connectivity index (χ0v) is 10.7. The number of carbonyl (C=O) groups excluding carboxylic acids is 1. The molecule has 1 aromatic rings. The van der Waals surface area contributed by atoms with E-state index in [0.717, 1.165) is 12.0 Å². The molecular weight excluding hydrogens is 246 g/mol. The van der Waals surface area contributed by atoms with Crippen LogP contribution in [0.3, 0.4) is 0 Å². The summed E-state index contributed by atoms with van der Waals surface area (Å²) >= 11 is 0. The minimum Gasteiger partial charge on any atom is -0.445 e. The first-order valence-electron chi connectivity index (χ1n) is 6.48. The number of hydrogen-bond acceptors (Lipinski definition) is 4. The van der Waals surface area contributed by atoms with E-state index < -0.39 is 18.2 Å². The van der Waals surface area contributed by atoms with Crippen LogP contribution in [-0.4, -0.2) is 46.5 Å². The van der Waals surface area contributed by atoms with Crippen molar-refractivity contribution in [3.63, 3.8) is 0 Å². The highest BCUT2D eigenvalue weighted by atomic mass is 16.6. The van der Waals surface area contributed by atoms with Crippen LogP contribution in [0.1, 0.15) is 18.4 Å². The predicted molar refractivity (Wildman–Crippen MR) is 69.4 cm³/mol. The third kappa shape index (κ3) is 3.45. The van der Waals surface area contributed by atoms with E-state index in [0.29, 0.717) is 13.0 Å². The highest BCUT2D eigenvalue weighted by Gasteiger charge is 2.33. The number of rotatable bonds is 3. The lowest BCUT2D eigenvalue weighted by Gasteiger charge is -2.37. The molecule has 5 nitrogen and oxygen atoms in total. The second-order valence-corrected chi connectivity index (χ2v) is 4.69. The summed E-state index contributed by atoms with van der Waals surface area (Å²) in [5.41, 5.74) is 0.911. The fourth-order valence-corrected chi connectivity index (χ4v) is 2.29. The summed E-state index contributed by atoms with van der Waals surface area (Å²) in [6.45, 7) is 0.460. The van der Waals surface area contributed by atoms with Gasteiger partial charge in [0.2, 0.25) is 0 Å². The van der Waals surface area contributed by atoms with Gasteiger partial charge in [0.15, 0.2) is 0 Å². The zero-order valence-electron chi connectivity index (χ0n) is 10.7. The van der Waals surface area contributed by atoms with E-state index >= 15 is 0 Å². The smallest absolute Gasteiger partial charge is 0.410 e. The van der Waals surface area contributed by atoms with Gasteiger partial charge in [-0.1, -0.05) is 30.3 Å². The summed E-state index contributed by atoms with van der Waals surface area (Å²) in [6, 6.07) is 8.85. The number of aliphatic hydroxyl groups excluding tert-OH is 2. The predicted octanol–water partition coefficient (Wildman–Crippen LogP) is 1.14. The third-order valence-electron chi connectivity index (χ3n) is 3.37. The maximum absolute atomic E-state index is 12.0. The van der Waals surface area contributed by atoms with Crippen LogP contribution in [0.25, 0.3) is 0 Å². The molecule has 1 amide bonds. The molecule has 5 heteroatoms. The molecule has 104 valence electrons. The fourth-order valence-electron chi connectivity index (χ4n) is 2.29. The van der Waals surface area contributed by atoms with Gasteiger partial charge in [-0.3, -0.25) is 0 Å². The Morgan fingerprint density at radius 3 is 2.79 bits per heavy atom. The van der Waals surface area contributed by atoms with Crippen LogP contribution in [0.15, 0.2) is 30.3 Å². The molecule has 1 saturated heterocycles. The molecule has 0 saturated carbocycles. The Balaban J connectivity index is 1.91. The van der Waals surface area contributed by atoms with Crippen molar-refractivity contribution < 1.29 is 19.7 Å². The molecule has 0 aromatic heterocycles. The van der Waals surface area contributed by atoms with Crippen LogP contribution in [0.2, 0.25) is 0 Å². The Kier molecular flexibility index (Phi) is 4.76. The van der Waals surface area contributed by atoms with Gasteiger partial charge < -0.3 is 19.8 Å². The van der Waals surface area contributed by atoms with Crippen LogP contribution in [-0.2, 0) is 11.3 Å². The second-order valence-electron chi connectivity index (χ2n) is 4.69. The molecule has 0 bridgehead atoms. The highest BCUT2D eigenvalue weighted by molar-refractivity contribution is 5.68. The minimum absolute atomic E-state index is 0.199. The minimum atomic E-state index is -0.678. The van der Waals surface area contributed by atoms with Crippen LogP contribution < -0.4 is 0 Å². The number of hydrogen-bond donors (Lipinski definition) is 2. The van der Waals surface area contributed by atoms with Gasteiger partial charge in [0.05, 0.1) is 18.8 Å². The molecular formula is C14H19NO4. The molecule has 0 aliphatic carbocycles. The Morgan fingerprint density at radius 1 is 1.37 bits per heavy atom. The third-order valence-corrected chi connectivity index (χ3v) is 3.37. The van der Waals surface area contributed by atoms with E-state index in [4.69, 9.17) is 4.74 Å². The first-order chi connectivity index (χ1) is 9.22. The second kappa shape index (κ2) is 6.54. The van der Waals surface area contributed by atoms with Crippen molar-refractivity contribution in [2.45, 2.75) is 31.6 Å². The number of aliphatic hydroxyl groups is 2. The lowest BCUT2D eigenvalue weighted by atomic mass is 10.0. The van der Waals surface area contributed by atoms with Crippen molar-refractivity contribution in [2.75, 3.05) is 13.2 Å². The van der Waals surface area contributed by atoms with Gasteiger partial charge in [-0.2, -0.15) is 0 Å². The molecule has 0 radical (unpaired) electrons. The maximum atomic E-state index is 12.0. The Bertz CT molecular complexity index is 409. The van der Waals surface area contributed by atoms with Crippen molar-refractivity contribution in [3.05, 3.63) is 35.9 Å². The van der Waals surface area contributed by atoms with Crippen molar-refractivity contribution in [1.29, 1.82) is 0 Å². The number of ether oxygens (including phenoxy) is 1. The van der Waals surface area contributed by atoms with E-state index in [9.17, 15) is 15.0 Å². The molecule has 1 heterocycles. The van der Waals surface area contributed by atoms with Crippen molar-refractivity contribution in [1.82, 2.24) is 4.90 Å². The molecule has 2 rings (SSSR count). The van der Waals surface area contributed by atoms with Gasteiger partial charge in [0.1, 0.15) is 6.61 Å². The fraction of sp³-hybridized carbons (Fsp3) is 0.500. The first kappa shape index (κ1) is 13.8.